The van der Waals surface area contributed by atoms with Crippen LogP contribution in [0.25, 0.3) is 10.9 Å². The fourth-order valence-electron chi connectivity index (χ4n) is 2.21. The van der Waals surface area contributed by atoms with Crippen LogP contribution < -0.4 is 0 Å². The summed E-state index contributed by atoms with van der Waals surface area (Å²) in [6, 6.07) is 10.2. The molecule has 20 heavy (non-hydrogen) atoms. The van der Waals surface area contributed by atoms with E-state index in [-0.39, 0.29) is 11.6 Å². The van der Waals surface area contributed by atoms with Crippen LogP contribution in [-0.4, -0.2) is 10.8 Å². The first kappa shape index (κ1) is 13.1. The van der Waals surface area contributed by atoms with E-state index in [1.54, 1.807) is 25.3 Å². The number of aromatic nitrogens is 1. The predicted octanol–water partition coefficient (Wildman–Crippen LogP) is 4.61. The molecule has 1 aromatic heterocycles. The van der Waals surface area contributed by atoms with Gasteiger partial charge in [-0.3, -0.25) is 4.79 Å². The Kier molecular flexibility index (Phi) is 3.18. The van der Waals surface area contributed by atoms with E-state index in [1.165, 1.54) is 6.07 Å². The molecule has 0 fully saturated rings. The van der Waals surface area contributed by atoms with E-state index in [0.717, 1.165) is 15.4 Å². The van der Waals surface area contributed by atoms with E-state index >= 15 is 0 Å². The van der Waals surface area contributed by atoms with Crippen LogP contribution in [0.5, 0.6) is 0 Å². The lowest BCUT2D eigenvalue weighted by Crippen LogP contribution is -2.01. The van der Waals surface area contributed by atoms with Crippen molar-refractivity contribution in [2.45, 2.75) is 6.92 Å². The molecule has 4 heteroatoms. The zero-order valence-corrected chi connectivity index (χ0v) is 12.3. The second-order valence-corrected chi connectivity index (χ2v) is 5.51. The summed E-state index contributed by atoms with van der Waals surface area (Å²) in [7, 11) is 0. The van der Waals surface area contributed by atoms with Gasteiger partial charge in [-0.15, -0.1) is 0 Å². The molecule has 0 unspecified atom stereocenters. The summed E-state index contributed by atoms with van der Waals surface area (Å²) in [5.41, 5.74) is 2.29. The van der Waals surface area contributed by atoms with Gasteiger partial charge in [-0.1, -0.05) is 34.1 Å². The molecule has 2 nitrogen and oxygen atoms in total. The summed E-state index contributed by atoms with van der Waals surface area (Å²) < 4.78 is 14.4. The Morgan fingerprint density at radius 2 is 2.05 bits per heavy atom. The number of rotatable bonds is 2. The average Bonchev–Trinajstić information content (AvgIpc) is 2.86. The second kappa shape index (κ2) is 4.87. The number of nitrogens with one attached hydrogen (secondary N) is 1. The summed E-state index contributed by atoms with van der Waals surface area (Å²) in [4.78, 5) is 15.6. The van der Waals surface area contributed by atoms with Crippen molar-refractivity contribution in [1.82, 2.24) is 4.98 Å². The van der Waals surface area contributed by atoms with E-state index in [1.807, 2.05) is 18.2 Å². The highest BCUT2D eigenvalue weighted by Crippen LogP contribution is 2.28. The molecule has 3 aromatic rings. The van der Waals surface area contributed by atoms with Crippen LogP contribution in [0.1, 0.15) is 21.5 Å². The van der Waals surface area contributed by atoms with E-state index in [2.05, 4.69) is 20.9 Å². The van der Waals surface area contributed by atoms with Crippen molar-refractivity contribution in [2.24, 2.45) is 0 Å². The molecule has 0 atom stereocenters. The Morgan fingerprint density at radius 1 is 1.25 bits per heavy atom. The highest BCUT2D eigenvalue weighted by Gasteiger charge is 2.16. The van der Waals surface area contributed by atoms with Crippen molar-refractivity contribution in [2.75, 3.05) is 0 Å². The van der Waals surface area contributed by atoms with Gasteiger partial charge in [0.2, 0.25) is 0 Å². The predicted molar refractivity (Wildman–Crippen MR) is 80.6 cm³/mol. The fourth-order valence-corrected chi connectivity index (χ4v) is 2.79. The van der Waals surface area contributed by atoms with Crippen molar-refractivity contribution in [3.05, 3.63) is 69.6 Å². The molecule has 1 N–H and O–H groups in total. The Morgan fingerprint density at radius 3 is 2.80 bits per heavy atom. The molecule has 0 saturated heterocycles. The first-order valence-corrected chi connectivity index (χ1v) is 6.93. The highest BCUT2D eigenvalue weighted by molar-refractivity contribution is 9.10. The normalized spacial score (nSPS) is 10.9. The van der Waals surface area contributed by atoms with E-state index in [0.29, 0.717) is 16.7 Å². The molecule has 0 radical (unpaired) electrons. The fraction of sp³-hybridized carbons (Fsp3) is 0.0625. The van der Waals surface area contributed by atoms with E-state index in [4.69, 9.17) is 0 Å². The molecule has 0 aliphatic heterocycles. The molecule has 1 heterocycles. The number of fused-ring (bicyclic) bond motifs is 1. The summed E-state index contributed by atoms with van der Waals surface area (Å²) >= 11 is 3.45. The topological polar surface area (TPSA) is 32.9 Å². The van der Waals surface area contributed by atoms with Crippen LogP contribution in [0.2, 0.25) is 0 Å². The Hall–Kier alpha value is -1.94. The molecule has 3 rings (SSSR count). The number of hydrogen-bond acceptors (Lipinski definition) is 1. The minimum absolute atomic E-state index is 0.193. The lowest BCUT2D eigenvalue weighted by Gasteiger charge is -2.03. The van der Waals surface area contributed by atoms with Gasteiger partial charge in [-0.25, -0.2) is 4.39 Å². The zero-order chi connectivity index (χ0) is 14.3. The standard InChI is InChI=1S/C16H11BrFNO/c1-9-5-6-10(7-13(9)18)16(20)11-8-19-14-4-2-3-12(17)15(11)14/h2-8,19H,1H3. The third-order valence-corrected chi connectivity index (χ3v) is 3.99. The largest absolute Gasteiger partial charge is 0.360 e. The van der Waals surface area contributed by atoms with Gasteiger partial charge in [0.1, 0.15) is 5.82 Å². The second-order valence-electron chi connectivity index (χ2n) is 4.66. The number of aryl methyl sites for hydroxylation is 1. The molecular weight excluding hydrogens is 321 g/mol. The van der Waals surface area contributed by atoms with Crippen molar-refractivity contribution < 1.29 is 9.18 Å². The molecule has 0 spiro atoms. The minimum atomic E-state index is -0.366. The van der Waals surface area contributed by atoms with E-state index in [9.17, 15) is 9.18 Å². The summed E-state index contributed by atoms with van der Waals surface area (Å²) in [5, 5.41) is 0.818. The maximum absolute atomic E-state index is 13.6. The maximum atomic E-state index is 13.6. The number of carbonyl (C=O) groups excluding carboxylic acids is 1. The van der Waals surface area contributed by atoms with Crippen LogP contribution in [0.4, 0.5) is 4.39 Å². The van der Waals surface area contributed by atoms with Crippen LogP contribution in [-0.2, 0) is 0 Å². The first-order valence-electron chi connectivity index (χ1n) is 6.14. The van der Waals surface area contributed by atoms with Gasteiger partial charge < -0.3 is 4.98 Å². The number of hydrogen-bond donors (Lipinski definition) is 1. The number of benzene rings is 2. The van der Waals surface area contributed by atoms with Gasteiger partial charge in [0.15, 0.2) is 5.78 Å². The molecule has 100 valence electrons. The van der Waals surface area contributed by atoms with Gasteiger partial charge in [-0.2, -0.15) is 0 Å². The SMILES string of the molecule is Cc1ccc(C(=O)c2c[nH]c3cccc(Br)c23)cc1F. The third-order valence-electron chi connectivity index (χ3n) is 3.33. The molecule has 2 aromatic carbocycles. The molecule has 0 amide bonds. The number of carbonyl (C=O) groups is 1. The van der Waals surface area contributed by atoms with Gasteiger partial charge in [-0.05, 0) is 30.7 Å². The van der Waals surface area contributed by atoms with Gasteiger partial charge in [0.25, 0.3) is 0 Å². The average molecular weight is 332 g/mol. The molecule has 0 bridgehead atoms. The van der Waals surface area contributed by atoms with Crippen LogP contribution in [0.15, 0.2) is 47.1 Å². The van der Waals surface area contributed by atoms with Crippen molar-refractivity contribution in [3.63, 3.8) is 0 Å². The summed E-state index contributed by atoms with van der Waals surface area (Å²) in [6.45, 7) is 1.67. The van der Waals surface area contributed by atoms with Gasteiger partial charge >= 0.3 is 0 Å². The van der Waals surface area contributed by atoms with Crippen LogP contribution in [0, 0.1) is 12.7 Å². The van der Waals surface area contributed by atoms with Gasteiger partial charge in [0.05, 0.1) is 0 Å². The Bertz CT molecular complexity index is 822. The van der Waals surface area contributed by atoms with Crippen molar-refractivity contribution in [3.8, 4) is 0 Å². The zero-order valence-electron chi connectivity index (χ0n) is 10.7. The quantitative estimate of drug-likeness (QED) is 0.683. The number of halogens is 2. The highest BCUT2D eigenvalue weighted by atomic mass is 79.9. The van der Waals surface area contributed by atoms with E-state index < -0.39 is 0 Å². The Labute approximate surface area is 123 Å². The molecule has 0 aliphatic rings. The van der Waals surface area contributed by atoms with Gasteiger partial charge in [0, 0.05) is 32.7 Å². The lowest BCUT2D eigenvalue weighted by atomic mass is 10.0. The lowest BCUT2D eigenvalue weighted by molar-refractivity contribution is 0.104. The van der Waals surface area contributed by atoms with Crippen LogP contribution in [0.3, 0.4) is 0 Å². The van der Waals surface area contributed by atoms with Crippen LogP contribution >= 0.6 is 15.9 Å². The Balaban J connectivity index is 2.15. The number of H-pyrrole nitrogens is 1. The molecule has 0 saturated carbocycles. The summed E-state index contributed by atoms with van der Waals surface area (Å²) in [6.07, 6.45) is 1.66. The molecule has 0 aliphatic carbocycles. The first-order chi connectivity index (χ1) is 9.58. The monoisotopic (exact) mass is 331 g/mol. The van der Waals surface area contributed by atoms with Crippen molar-refractivity contribution in [1.29, 1.82) is 0 Å². The maximum Gasteiger partial charge on any atom is 0.195 e. The smallest absolute Gasteiger partial charge is 0.195 e. The molecular formula is C16H11BrFNO. The summed E-state index contributed by atoms with van der Waals surface area (Å²) in [5.74, 6) is -0.559. The third kappa shape index (κ3) is 2.06. The number of ketones is 1. The van der Waals surface area contributed by atoms with Crippen molar-refractivity contribution >= 4 is 32.6 Å². The minimum Gasteiger partial charge on any atom is -0.360 e. The number of aromatic amines is 1.